The van der Waals surface area contributed by atoms with E-state index in [-0.39, 0.29) is 0 Å². The molecule has 2 rings (SSSR count). The zero-order chi connectivity index (χ0) is 13.8. The molecule has 4 nitrogen and oxygen atoms in total. The van der Waals surface area contributed by atoms with Crippen LogP contribution in [0.5, 0.6) is 11.5 Å². The van der Waals surface area contributed by atoms with E-state index in [9.17, 15) is 4.79 Å². The van der Waals surface area contributed by atoms with Crippen molar-refractivity contribution in [3.63, 3.8) is 0 Å². The summed E-state index contributed by atoms with van der Waals surface area (Å²) in [6.45, 7) is 0. The number of rotatable bonds is 4. The predicted molar refractivity (Wildman–Crippen MR) is 73.7 cm³/mol. The lowest BCUT2D eigenvalue weighted by Gasteiger charge is -2.12. The highest BCUT2D eigenvalue weighted by molar-refractivity contribution is 5.97. The Morgan fingerprint density at radius 1 is 1.16 bits per heavy atom. The van der Waals surface area contributed by atoms with Gasteiger partial charge in [-0.1, -0.05) is 24.3 Å². The van der Waals surface area contributed by atoms with Crippen LogP contribution < -0.4 is 9.47 Å². The van der Waals surface area contributed by atoms with E-state index < -0.39 is 5.97 Å². The van der Waals surface area contributed by atoms with Gasteiger partial charge in [0.2, 0.25) is 0 Å². The lowest BCUT2D eigenvalue weighted by Crippen LogP contribution is -1.94. The minimum absolute atomic E-state index is 0.633. The second-order valence-electron chi connectivity index (χ2n) is 3.92. The van der Waals surface area contributed by atoms with Crippen LogP contribution in [0.25, 0.3) is 16.8 Å². The minimum atomic E-state index is -1.01. The highest BCUT2D eigenvalue weighted by atomic mass is 16.5. The Hall–Kier alpha value is -2.49. The summed E-state index contributed by atoms with van der Waals surface area (Å²) in [6, 6.07) is 9.42. The number of hydrogen-bond donors (Lipinski definition) is 1. The van der Waals surface area contributed by atoms with Crippen molar-refractivity contribution in [1.29, 1.82) is 0 Å². The number of benzene rings is 2. The van der Waals surface area contributed by atoms with Crippen LogP contribution in [-0.4, -0.2) is 25.3 Å². The topological polar surface area (TPSA) is 55.8 Å². The molecule has 0 fully saturated rings. The summed E-state index contributed by atoms with van der Waals surface area (Å²) in [7, 11) is 3.14. The van der Waals surface area contributed by atoms with Gasteiger partial charge in [-0.3, -0.25) is 0 Å². The summed E-state index contributed by atoms with van der Waals surface area (Å²) in [5.74, 6) is 0.310. The number of ether oxygens (including phenoxy) is 2. The van der Waals surface area contributed by atoms with Crippen LogP contribution >= 0.6 is 0 Å². The summed E-state index contributed by atoms with van der Waals surface area (Å²) in [5, 5.41) is 10.5. The van der Waals surface area contributed by atoms with Crippen LogP contribution in [0.4, 0.5) is 0 Å². The fourth-order valence-electron chi connectivity index (χ4n) is 2.02. The van der Waals surface area contributed by atoms with Crippen molar-refractivity contribution in [2.75, 3.05) is 14.2 Å². The summed E-state index contributed by atoms with van der Waals surface area (Å²) in [6.07, 6.45) is 2.57. The van der Waals surface area contributed by atoms with Crippen LogP contribution in [0.1, 0.15) is 5.56 Å². The van der Waals surface area contributed by atoms with Crippen LogP contribution in [-0.2, 0) is 4.79 Å². The first-order valence-corrected chi connectivity index (χ1v) is 5.72. The molecule has 0 aliphatic rings. The molecule has 2 aromatic carbocycles. The van der Waals surface area contributed by atoms with Crippen LogP contribution in [0, 0.1) is 0 Å². The van der Waals surface area contributed by atoms with E-state index in [1.807, 2.05) is 24.3 Å². The van der Waals surface area contributed by atoms with Gasteiger partial charge in [-0.05, 0) is 12.1 Å². The van der Waals surface area contributed by atoms with Crippen molar-refractivity contribution in [3.05, 3.63) is 42.0 Å². The quantitative estimate of drug-likeness (QED) is 0.857. The molecule has 0 aliphatic carbocycles. The van der Waals surface area contributed by atoms with Gasteiger partial charge in [-0.2, -0.15) is 0 Å². The Morgan fingerprint density at radius 3 is 2.42 bits per heavy atom. The van der Waals surface area contributed by atoms with Gasteiger partial charge in [0.1, 0.15) is 11.5 Å². The van der Waals surface area contributed by atoms with E-state index in [1.165, 1.54) is 6.08 Å². The number of fused-ring (bicyclic) bond motifs is 1. The van der Waals surface area contributed by atoms with Gasteiger partial charge in [0.15, 0.2) is 0 Å². The SMILES string of the molecule is COc1cc(/C=C/C(=O)O)c(OC)c2ccccc12. The zero-order valence-corrected chi connectivity index (χ0v) is 10.7. The van der Waals surface area contributed by atoms with E-state index in [0.717, 1.165) is 16.8 Å². The van der Waals surface area contributed by atoms with Crippen molar-refractivity contribution in [2.24, 2.45) is 0 Å². The van der Waals surface area contributed by atoms with E-state index in [4.69, 9.17) is 14.6 Å². The Morgan fingerprint density at radius 2 is 1.84 bits per heavy atom. The first-order chi connectivity index (χ1) is 9.17. The Kier molecular flexibility index (Phi) is 3.71. The van der Waals surface area contributed by atoms with E-state index in [0.29, 0.717) is 17.1 Å². The normalized spacial score (nSPS) is 10.8. The molecule has 0 saturated carbocycles. The molecule has 0 radical (unpaired) electrons. The molecule has 0 spiro atoms. The third-order valence-electron chi connectivity index (χ3n) is 2.82. The molecule has 0 amide bonds. The first kappa shape index (κ1) is 13.0. The fraction of sp³-hybridized carbons (Fsp3) is 0.133. The molecule has 1 N–H and O–H groups in total. The number of methoxy groups -OCH3 is 2. The molecule has 98 valence electrons. The molecule has 0 unspecified atom stereocenters. The minimum Gasteiger partial charge on any atom is -0.496 e. The number of carbonyl (C=O) groups is 1. The van der Waals surface area contributed by atoms with Crippen molar-refractivity contribution < 1.29 is 19.4 Å². The molecule has 4 heteroatoms. The van der Waals surface area contributed by atoms with Crippen LogP contribution in [0.2, 0.25) is 0 Å². The van der Waals surface area contributed by atoms with Gasteiger partial charge in [0.05, 0.1) is 14.2 Å². The highest BCUT2D eigenvalue weighted by Crippen LogP contribution is 2.37. The standard InChI is InChI=1S/C15H14O4/c1-18-13-9-10(7-8-14(16)17)15(19-2)12-6-4-3-5-11(12)13/h3-9H,1-2H3,(H,16,17)/b8-7+. The average molecular weight is 258 g/mol. The predicted octanol–water partition coefficient (Wildman–Crippen LogP) is 2.95. The second-order valence-corrected chi connectivity index (χ2v) is 3.92. The fourth-order valence-corrected chi connectivity index (χ4v) is 2.02. The molecule has 0 heterocycles. The van der Waals surface area contributed by atoms with Crippen LogP contribution in [0.15, 0.2) is 36.4 Å². The first-order valence-electron chi connectivity index (χ1n) is 5.72. The van der Waals surface area contributed by atoms with Crippen molar-refractivity contribution >= 4 is 22.8 Å². The van der Waals surface area contributed by atoms with E-state index >= 15 is 0 Å². The van der Waals surface area contributed by atoms with Gasteiger partial charge in [0, 0.05) is 22.4 Å². The third kappa shape index (κ3) is 2.52. The molecule has 0 aromatic heterocycles. The summed E-state index contributed by atoms with van der Waals surface area (Å²) in [4.78, 5) is 10.6. The molecule has 0 bridgehead atoms. The van der Waals surface area contributed by atoms with Crippen LogP contribution in [0.3, 0.4) is 0 Å². The molecule has 0 aliphatic heterocycles. The second kappa shape index (κ2) is 5.44. The van der Waals surface area contributed by atoms with Gasteiger partial charge >= 0.3 is 5.97 Å². The summed E-state index contributed by atoms with van der Waals surface area (Å²) in [5.41, 5.74) is 0.667. The Labute approximate surface area is 110 Å². The van der Waals surface area contributed by atoms with Crippen molar-refractivity contribution in [1.82, 2.24) is 0 Å². The maximum absolute atomic E-state index is 10.6. The number of aliphatic carboxylic acids is 1. The average Bonchev–Trinajstić information content (AvgIpc) is 2.43. The van der Waals surface area contributed by atoms with Crippen molar-refractivity contribution in [3.8, 4) is 11.5 Å². The van der Waals surface area contributed by atoms with Crippen molar-refractivity contribution in [2.45, 2.75) is 0 Å². The zero-order valence-electron chi connectivity index (χ0n) is 10.7. The van der Waals surface area contributed by atoms with Gasteiger partial charge in [0.25, 0.3) is 0 Å². The van der Waals surface area contributed by atoms with Gasteiger partial charge in [-0.15, -0.1) is 0 Å². The summed E-state index contributed by atoms with van der Waals surface area (Å²) >= 11 is 0. The Balaban J connectivity index is 2.73. The lowest BCUT2D eigenvalue weighted by atomic mass is 10.0. The van der Waals surface area contributed by atoms with Gasteiger partial charge < -0.3 is 14.6 Å². The number of hydrogen-bond acceptors (Lipinski definition) is 3. The Bertz CT molecular complexity index is 644. The molecule has 2 aromatic rings. The van der Waals surface area contributed by atoms with E-state index in [2.05, 4.69) is 0 Å². The van der Waals surface area contributed by atoms with E-state index in [1.54, 1.807) is 20.3 Å². The highest BCUT2D eigenvalue weighted by Gasteiger charge is 2.11. The molecule has 19 heavy (non-hydrogen) atoms. The number of carboxylic acids is 1. The molecule has 0 atom stereocenters. The largest absolute Gasteiger partial charge is 0.496 e. The van der Waals surface area contributed by atoms with Gasteiger partial charge in [-0.25, -0.2) is 4.79 Å². The molecular formula is C15H14O4. The number of carboxylic acid groups (broad SMARTS) is 1. The summed E-state index contributed by atoms with van der Waals surface area (Å²) < 4.78 is 10.7. The maximum atomic E-state index is 10.6. The molecule has 0 saturated heterocycles. The lowest BCUT2D eigenvalue weighted by molar-refractivity contribution is -0.131. The monoisotopic (exact) mass is 258 g/mol. The molecular weight excluding hydrogens is 244 g/mol. The smallest absolute Gasteiger partial charge is 0.328 e. The third-order valence-corrected chi connectivity index (χ3v) is 2.82. The maximum Gasteiger partial charge on any atom is 0.328 e.